The van der Waals surface area contributed by atoms with Gasteiger partial charge in [0.1, 0.15) is 5.75 Å². The van der Waals surface area contributed by atoms with Crippen LogP contribution in [0, 0.1) is 5.92 Å². The Morgan fingerprint density at radius 1 is 1.10 bits per heavy atom. The summed E-state index contributed by atoms with van der Waals surface area (Å²) in [5.41, 5.74) is 1.81. The molecule has 0 radical (unpaired) electrons. The predicted octanol–water partition coefficient (Wildman–Crippen LogP) is 4.01. The number of likely N-dealkylation sites (tertiary alicyclic amines) is 1. The molecular formula is C23H29N3O3. The van der Waals surface area contributed by atoms with Crippen LogP contribution in [-0.2, 0) is 4.79 Å². The Kier molecular flexibility index (Phi) is 7.25. The molecule has 6 heteroatoms. The van der Waals surface area contributed by atoms with Crippen LogP contribution in [0.25, 0.3) is 0 Å². The van der Waals surface area contributed by atoms with Gasteiger partial charge in [-0.1, -0.05) is 25.5 Å². The summed E-state index contributed by atoms with van der Waals surface area (Å²) in [5.74, 6) is 1.05. The average Bonchev–Trinajstić information content (AvgIpc) is 2.74. The fourth-order valence-corrected chi connectivity index (χ4v) is 3.68. The molecule has 1 heterocycles. The number of methoxy groups -OCH3 is 1. The Morgan fingerprint density at radius 2 is 1.86 bits per heavy atom. The number of carbonyl (C=O) groups excluding carboxylic acids is 2. The molecule has 1 aliphatic rings. The van der Waals surface area contributed by atoms with E-state index >= 15 is 0 Å². The number of amides is 2. The number of carbonyl (C=O) groups is 2. The molecule has 1 unspecified atom stereocenters. The molecule has 1 atom stereocenters. The summed E-state index contributed by atoms with van der Waals surface area (Å²) in [6, 6.07) is 14.2. The molecule has 0 saturated carbocycles. The van der Waals surface area contributed by atoms with E-state index in [0.717, 1.165) is 25.9 Å². The van der Waals surface area contributed by atoms with Gasteiger partial charge >= 0.3 is 0 Å². The topological polar surface area (TPSA) is 70.7 Å². The van der Waals surface area contributed by atoms with Gasteiger partial charge < -0.3 is 15.4 Å². The molecule has 1 saturated heterocycles. The molecule has 0 aliphatic carbocycles. The highest BCUT2D eigenvalue weighted by Gasteiger charge is 2.20. The Hall–Kier alpha value is -2.86. The SMILES string of the molecule is CCC1CCCN(CC(=O)Nc2ccc(C(=O)Nc3ccccc3OC)cc2)C1. The van der Waals surface area contributed by atoms with Crippen LogP contribution in [-0.4, -0.2) is 43.5 Å². The smallest absolute Gasteiger partial charge is 0.255 e. The number of para-hydroxylation sites is 2. The molecule has 1 fully saturated rings. The molecule has 0 bridgehead atoms. The van der Waals surface area contributed by atoms with Gasteiger partial charge in [0.2, 0.25) is 5.91 Å². The number of rotatable bonds is 7. The van der Waals surface area contributed by atoms with Gasteiger partial charge in [-0.3, -0.25) is 14.5 Å². The van der Waals surface area contributed by atoms with Crippen LogP contribution in [0.3, 0.4) is 0 Å². The minimum Gasteiger partial charge on any atom is -0.495 e. The Morgan fingerprint density at radius 3 is 2.59 bits per heavy atom. The summed E-state index contributed by atoms with van der Waals surface area (Å²) in [6.45, 7) is 4.59. The second kappa shape index (κ2) is 10.1. The van der Waals surface area contributed by atoms with E-state index in [1.165, 1.54) is 6.42 Å². The lowest BCUT2D eigenvalue weighted by Gasteiger charge is -2.31. The third kappa shape index (κ3) is 5.81. The van der Waals surface area contributed by atoms with Gasteiger partial charge in [0.25, 0.3) is 5.91 Å². The van der Waals surface area contributed by atoms with E-state index in [0.29, 0.717) is 35.2 Å². The number of nitrogens with zero attached hydrogens (tertiary/aromatic N) is 1. The highest BCUT2D eigenvalue weighted by atomic mass is 16.5. The first kappa shape index (κ1) is 20.9. The molecule has 29 heavy (non-hydrogen) atoms. The Labute approximate surface area is 172 Å². The fraction of sp³-hybridized carbons (Fsp3) is 0.391. The van der Waals surface area contributed by atoms with Gasteiger partial charge in [-0.05, 0) is 61.7 Å². The van der Waals surface area contributed by atoms with Crippen molar-refractivity contribution in [2.24, 2.45) is 5.92 Å². The largest absolute Gasteiger partial charge is 0.495 e. The number of ether oxygens (including phenoxy) is 1. The van der Waals surface area contributed by atoms with Gasteiger partial charge in [0, 0.05) is 17.8 Å². The zero-order valence-electron chi connectivity index (χ0n) is 17.1. The molecule has 3 rings (SSSR count). The molecule has 0 spiro atoms. The molecule has 154 valence electrons. The van der Waals surface area contributed by atoms with E-state index in [4.69, 9.17) is 4.74 Å². The zero-order valence-corrected chi connectivity index (χ0v) is 17.1. The van der Waals surface area contributed by atoms with Crippen molar-refractivity contribution in [3.05, 3.63) is 54.1 Å². The monoisotopic (exact) mass is 395 g/mol. The van der Waals surface area contributed by atoms with Gasteiger partial charge in [-0.15, -0.1) is 0 Å². The summed E-state index contributed by atoms with van der Waals surface area (Å²) in [6.07, 6.45) is 3.57. The van der Waals surface area contributed by atoms with Crippen molar-refractivity contribution in [3.63, 3.8) is 0 Å². The number of hydrogen-bond donors (Lipinski definition) is 2. The zero-order chi connectivity index (χ0) is 20.6. The van der Waals surface area contributed by atoms with Crippen molar-refractivity contribution in [1.82, 2.24) is 4.90 Å². The summed E-state index contributed by atoms with van der Waals surface area (Å²) in [7, 11) is 1.56. The first-order valence-electron chi connectivity index (χ1n) is 10.2. The van der Waals surface area contributed by atoms with E-state index in [9.17, 15) is 9.59 Å². The maximum Gasteiger partial charge on any atom is 0.255 e. The van der Waals surface area contributed by atoms with Crippen LogP contribution in [0.5, 0.6) is 5.75 Å². The van der Waals surface area contributed by atoms with E-state index < -0.39 is 0 Å². The quantitative estimate of drug-likeness (QED) is 0.743. The van der Waals surface area contributed by atoms with Crippen LogP contribution < -0.4 is 15.4 Å². The number of nitrogens with one attached hydrogen (secondary N) is 2. The van der Waals surface area contributed by atoms with Crippen molar-refractivity contribution >= 4 is 23.2 Å². The van der Waals surface area contributed by atoms with Crippen LogP contribution in [0.1, 0.15) is 36.5 Å². The maximum absolute atomic E-state index is 12.5. The summed E-state index contributed by atoms with van der Waals surface area (Å²) in [5, 5.41) is 5.77. The minimum atomic E-state index is -0.230. The van der Waals surface area contributed by atoms with Crippen LogP contribution in [0.2, 0.25) is 0 Å². The van der Waals surface area contributed by atoms with Crippen LogP contribution >= 0.6 is 0 Å². The first-order valence-corrected chi connectivity index (χ1v) is 10.2. The number of anilines is 2. The van der Waals surface area contributed by atoms with Gasteiger partial charge in [-0.25, -0.2) is 0 Å². The highest BCUT2D eigenvalue weighted by Crippen LogP contribution is 2.24. The second-order valence-electron chi connectivity index (χ2n) is 7.43. The molecular weight excluding hydrogens is 366 g/mol. The van der Waals surface area contributed by atoms with Crippen LogP contribution in [0.15, 0.2) is 48.5 Å². The Balaban J connectivity index is 1.54. The van der Waals surface area contributed by atoms with E-state index in [1.807, 2.05) is 12.1 Å². The standard InChI is InChI=1S/C23H29N3O3/c1-3-17-7-6-14-26(15-17)16-22(27)24-19-12-10-18(11-13-19)23(28)25-20-8-4-5-9-21(20)29-2/h4-5,8-13,17H,3,6-7,14-16H2,1-2H3,(H,24,27)(H,25,28). The predicted molar refractivity (Wildman–Crippen MR) is 115 cm³/mol. The number of piperidine rings is 1. The van der Waals surface area contributed by atoms with Crippen LogP contribution in [0.4, 0.5) is 11.4 Å². The lowest BCUT2D eigenvalue weighted by Crippen LogP contribution is -2.40. The molecule has 2 aromatic carbocycles. The molecule has 6 nitrogen and oxygen atoms in total. The van der Waals surface area contributed by atoms with Gasteiger partial charge in [0.15, 0.2) is 0 Å². The van der Waals surface area contributed by atoms with Crippen molar-refractivity contribution in [1.29, 1.82) is 0 Å². The van der Waals surface area contributed by atoms with Crippen molar-refractivity contribution in [2.75, 3.05) is 37.4 Å². The second-order valence-corrected chi connectivity index (χ2v) is 7.43. The normalized spacial score (nSPS) is 16.8. The van der Waals surface area contributed by atoms with Gasteiger partial charge in [-0.2, -0.15) is 0 Å². The maximum atomic E-state index is 12.5. The third-order valence-electron chi connectivity index (χ3n) is 5.33. The van der Waals surface area contributed by atoms with E-state index in [2.05, 4.69) is 22.5 Å². The number of benzene rings is 2. The van der Waals surface area contributed by atoms with Crippen molar-refractivity contribution < 1.29 is 14.3 Å². The fourth-order valence-electron chi connectivity index (χ4n) is 3.68. The number of hydrogen-bond acceptors (Lipinski definition) is 4. The summed E-state index contributed by atoms with van der Waals surface area (Å²) in [4.78, 5) is 27.1. The summed E-state index contributed by atoms with van der Waals surface area (Å²) < 4.78 is 5.25. The van der Waals surface area contributed by atoms with Gasteiger partial charge in [0.05, 0.1) is 19.3 Å². The van der Waals surface area contributed by atoms with Crippen molar-refractivity contribution in [2.45, 2.75) is 26.2 Å². The molecule has 1 aliphatic heterocycles. The summed E-state index contributed by atoms with van der Waals surface area (Å²) >= 11 is 0. The van der Waals surface area contributed by atoms with E-state index in [-0.39, 0.29) is 11.8 Å². The molecule has 2 amide bonds. The molecule has 2 aromatic rings. The average molecular weight is 396 g/mol. The lowest BCUT2D eigenvalue weighted by molar-refractivity contribution is -0.117. The van der Waals surface area contributed by atoms with Crippen molar-refractivity contribution in [3.8, 4) is 5.75 Å². The highest BCUT2D eigenvalue weighted by molar-refractivity contribution is 6.05. The lowest BCUT2D eigenvalue weighted by atomic mass is 9.96. The third-order valence-corrected chi connectivity index (χ3v) is 5.33. The molecule has 2 N–H and O–H groups in total. The first-order chi connectivity index (χ1) is 14.1. The van der Waals surface area contributed by atoms with E-state index in [1.54, 1.807) is 43.5 Å². The minimum absolute atomic E-state index is 0.0204. The molecule has 0 aromatic heterocycles. The Bertz CT molecular complexity index is 836.